The van der Waals surface area contributed by atoms with Crippen molar-refractivity contribution in [1.29, 1.82) is 0 Å². The predicted octanol–water partition coefficient (Wildman–Crippen LogP) is 2.94. The van der Waals surface area contributed by atoms with Gasteiger partial charge in [-0.05, 0) is 44.9 Å². The third-order valence-electron chi connectivity index (χ3n) is 2.68. The smallest absolute Gasteiger partial charge is 0.220 e. The summed E-state index contributed by atoms with van der Waals surface area (Å²) in [5.41, 5.74) is 6.12. The molecule has 0 fully saturated rings. The van der Waals surface area contributed by atoms with Crippen molar-refractivity contribution in [2.24, 2.45) is 5.73 Å². The Labute approximate surface area is 126 Å². The molecule has 3 nitrogen and oxygen atoms in total. The molecule has 0 heterocycles. The highest BCUT2D eigenvalue weighted by Gasteiger charge is 2.21. The number of hydrogen-bond donors (Lipinski definition) is 2. The first-order chi connectivity index (χ1) is 8.44. The molecule has 19 heavy (non-hydrogen) atoms. The highest BCUT2D eigenvalue weighted by molar-refractivity contribution is 6.31. The quantitative estimate of drug-likeness (QED) is 0.849. The van der Waals surface area contributed by atoms with Gasteiger partial charge in [0.05, 0.1) is 0 Å². The van der Waals surface area contributed by atoms with Gasteiger partial charge in [0.15, 0.2) is 0 Å². The molecule has 108 valence electrons. The minimum atomic E-state index is -0.309. The van der Waals surface area contributed by atoms with Gasteiger partial charge in [0.25, 0.3) is 0 Å². The van der Waals surface area contributed by atoms with Crippen LogP contribution < -0.4 is 11.1 Å². The zero-order valence-electron chi connectivity index (χ0n) is 11.4. The van der Waals surface area contributed by atoms with Gasteiger partial charge in [-0.3, -0.25) is 4.79 Å². The maximum atomic E-state index is 11.7. The molecule has 1 rings (SSSR count). The van der Waals surface area contributed by atoms with E-state index in [2.05, 4.69) is 5.32 Å². The summed E-state index contributed by atoms with van der Waals surface area (Å²) in [6, 6.07) is 7.70. The fraction of sp³-hybridized carbons (Fsp3) is 0.500. The monoisotopic (exact) mass is 304 g/mol. The molecule has 5 heteroatoms. The minimum absolute atomic E-state index is 0. The van der Waals surface area contributed by atoms with Crippen LogP contribution in [0.3, 0.4) is 0 Å². The van der Waals surface area contributed by atoms with Crippen molar-refractivity contribution in [3.05, 3.63) is 34.9 Å². The summed E-state index contributed by atoms with van der Waals surface area (Å²) in [6.07, 6.45) is 1.90. The second-order valence-electron chi connectivity index (χ2n) is 5.09. The van der Waals surface area contributed by atoms with Crippen molar-refractivity contribution in [2.75, 3.05) is 6.54 Å². The largest absolute Gasteiger partial charge is 0.351 e. The van der Waals surface area contributed by atoms with Crippen LogP contribution in [0.15, 0.2) is 24.3 Å². The number of rotatable bonds is 6. The van der Waals surface area contributed by atoms with E-state index in [0.29, 0.717) is 25.8 Å². The highest BCUT2D eigenvalue weighted by atomic mass is 35.5. The maximum absolute atomic E-state index is 11.7. The van der Waals surface area contributed by atoms with Crippen molar-refractivity contribution in [1.82, 2.24) is 5.32 Å². The third kappa shape index (κ3) is 6.81. The standard InChI is InChI=1S/C14H21ClN2O.ClH/c1-14(2,17-13(18)8-5-9-16)10-11-6-3-4-7-12(11)15;/h3-4,6-7H,5,8-10,16H2,1-2H3,(H,17,18);1H. The third-order valence-corrected chi connectivity index (χ3v) is 3.04. The zero-order valence-corrected chi connectivity index (χ0v) is 13.0. The fourth-order valence-electron chi connectivity index (χ4n) is 1.86. The molecule has 3 N–H and O–H groups in total. The van der Waals surface area contributed by atoms with Crippen LogP contribution in [0.4, 0.5) is 0 Å². The average Bonchev–Trinajstić information content (AvgIpc) is 2.28. The van der Waals surface area contributed by atoms with Gasteiger partial charge in [-0.15, -0.1) is 12.4 Å². The van der Waals surface area contributed by atoms with E-state index in [0.717, 1.165) is 10.6 Å². The van der Waals surface area contributed by atoms with Crippen molar-refractivity contribution in [3.63, 3.8) is 0 Å². The van der Waals surface area contributed by atoms with E-state index in [4.69, 9.17) is 17.3 Å². The number of carbonyl (C=O) groups excluding carboxylic acids is 1. The lowest BCUT2D eigenvalue weighted by atomic mass is 9.94. The predicted molar refractivity (Wildman–Crippen MR) is 82.9 cm³/mol. The molecule has 0 unspecified atom stereocenters. The van der Waals surface area contributed by atoms with E-state index in [-0.39, 0.29) is 23.9 Å². The molecule has 0 aromatic heterocycles. The van der Waals surface area contributed by atoms with Crippen LogP contribution in [0.1, 0.15) is 32.3 Å². The number of amides is 1. The molecule has 0 saturated heterocycles. The molecule has 1 amide bonds. The Morgan fingerprint density at radius 1 is 1.37 bits per heavy atom. The van der Waals surface area contributed by atoms with E-state index in [9.17, 15) is 4.79 Å². The summed E-state index contributed by atoms with van der Waals surface area (Å²) in [7, 11) is 0. The minimum Gasteiger partial charge on any atom is -0.351 e. The van der Waals surface area contributed by atoms with Gasteiger partial charge < -0.3 is 11.1 Å². The molecule has 0 radical (unpaired) electrons. The summed E-state index contributed by atoms with van der Waals surface area (Å²) >= 11 is 6.12. The van der Waals surface area contributed by atoms with Crippen LogP contribution in [0.25, 0.3) is 0 Å². The summed E-state index contributed by atoms with van der Waals surface area (Å²) in [5.74, 6) is 0.0394. The summed E-state index contributed by atoms with van der Waals surface area (Å²) in [6.45, 7) is 4.53. The summed E-state index contributed by atoms with van der Waals surface area (Å²) in [4.78, 5) is 11.7. The first-order valence-corrected chi connectivity index (χ1v) is 6.57. The molecule has 1 aromatic rings. The van der Waals surface area contributed by atoms with Crippen LogP contribution in [-0.4, -0.2) is 18.0 Å². The van der Waals surface area contributed by atoms with Crippen LogP contribution in [0.2, 0.25) is 5.02 Å². The molecule has 0 aliphatic heterocycles. The van der Waals surface area contributed by atoms with Crippen LogP contribution >= 0.6 is 24.0 Å². The number of halogens is 2. The summed E-state index contributed by atoms with van der Waals surface area (Å²) < 4.78 is 0. The van der Waals surface area contributed by atoms with Crippen molar-refractivity contribution in [3.8, 4) is 0 Å². The van der Waals surface area contributed by atoms with E-state index in [1.807, 2.05) is 38.1 Å². The Balaban J connectivity index is 0.00000324. The Hall–Kier alpha value is -0.770. The van der Waals surface area contributed by atoms with Crippen LogP contribution in [-0.2, 0) is 11.2 Å². The van der Waals surface area contributed by atoms with Gasteiger partial charge >= 0.3 is 0 Å². The highest BCUT2D eigenvalue weighted by Crippen LogP contribution is 2.20. The zero-order chi connectivity index (χ0) is 13.6. The number of benzene rings is 1. The average molecular weight is 305 g/mol. The second kappa shape index (κ2) is 8.41. The number of nitrogens with two attached hydrogens (primary N) is 1. The van der Waals surface area contributed by atoms with Gasteiger partial charge in [-0.2, -0.15) is 0 Å². The first-order valence-electron chi connectivity index (χ1n) is 6.19. The number of hydrogen-bond acceptors (Lipinski definition) is 2. The summed E-state index contributed by atoms with van der Waals surface area (Å²) in [5, 5.41) is 3.75. The van der Waals surface area contributed by atoms with Crippen LogP contribution in [0.5, 0.6) is 0 Å². The molecule has 0 bridgehead atoms. The van der Waals surface area contributed by atoms with E-state index in [1.54, 1.807) is 0 Å². The molecular weight excluding hydrogens is 283 g/mol. The Kier molecular flexibility index (Phi) is 8.07. The number of carbonyl (C=O) groups is 1. The van der Waals surface area contributed by atoms with Gasteiger partial charge in [0, 0.05) is 17.0 Å². The van der Waals surface area contributed by atoms with Crippen molar-refractivity contribution < 1.29 is 4.79 Å². The molecular formula is C14H22Cl2N2O. The van der Waals surface area contributed by atoms with Crippen molar-refractivity contribution >= 4 is 29.9 Å². The lowest BCUT2D eigenvalue weighted by molar-refractivity contribution is -0.122. The molecule has 0 spiro atoms. The molecule has 0 atom stereocenters. The van der Waals surface area contributed by atoms with E-state index >= 15 is 0 Å². The second-order valence-corrected chi connectivity index (χ2v) is 5.50. The normalized spacial score (nSPS) is 10.7. The molecule has 0 aliphatic rings. The molecule has 0 saturated carbocycles. The molecule has 1 aromatic carbocycles. The Bertz CT molecular complexity index is 408. The first kappa shape index (κ1) is 18.2. The fourth-order valence-corrected chi connectivity index (χ4v) is 2.07. The van der Waals surface area contributed by atoms with Crippen molar-refractivity contribution in [2.45, 2.75) is 38.6 Å². The Morgan fingerprint density at radius 2 is 2.00 bits per heavy atom. The lowest BCUT2D eigenvalue weighted by Crippen LogP contribution is -2.45. The van der Waals surface area contributed by atoms with Crippen LogP contribution in [0, 0.1) is 0 Å². The van der Waals surface area contributed by atoms with Gasteiger partial charge in [0.1, 0.15) is 0 Å². The SMILES string of the molecule is CC(C)(Cc1ccccc1Cl)NC(=O)CCCN.Cl. The molecule has 0 aliphatic carbocycles. The van der Waals surface area contributed by atoms with Gasteiger partial charge in [0.2, 0.25) is 5.91 Å². The topological polar surface area (TPSA) is 55.1 Å². The van der Waals surface area contributed by atoms with E-state index < -0.39 is 0 Å². The number of nitrogens with one attached hydrogen (secondary N) is 1. The maximum Gasteiger partial charge on any atom is 0.220 e. The van der Waals surface area contributed by atoms with Gasteiger partial charge in [-0.1, -0.05) is 29.8 Å². The van der Waals surface area contributed by atoms with E-state index in [1.165, 1.54) is 0 Å². The lowest BCUT2D eigenvalue weighted by Gasteiger charge is -2.27. The van der Waals surface area contributed by atoms with Gasteiger partial charge in [-0.25, -0.2) is 0 Å². The Morgan fingerprint density at radius 3 is 2.58 bits per heavy atom.